The number of nitriles is 1. The third-order valence-corrected chi connectivity index (χ3v) is 3.74. The molecule has 1 aliphatic rings. The van der Waals surface area contributed by atoms with Crippen molar-refractivity contribution in [3.8, 4) is 6.07 Å². The van der Waals surface area contributed by atoms with Crippen molar-refractivity contribution in [1.29, 1.82) is 5.26 Å². The number of benzene rings is 1. The molecule has 8 heteroatoms. The Kier molecular flexibility index (Phi) is 4.32. The van der Waals surface area contributed by atoms with E-state index in [1.807, 2.05) is 0 Å². The van der Waals surface area contributed by atoms with E-state index in [1.54, 1.807) is 0 Å². The lowest BCUT2D eigenvalue weighted by atomic mass is 10.1. The van der Waals surface area contributed by atoms with E-state index in [9.17, 15) is 14.9 Å². The Morgan fingerprint density at radius 1 is 1.60 bits per heavy atom. The number of amides is 1. The van der Waals surface area contributed by atoms with Crippen molar-refractivity contribution in [3.05, 3.63) is 38.3 Å². The average Bonchev–Trinajstić information content (AvgIpc) is 2.46. The summed E-state index contributed by atoms with van der Waals surface area (Å²) in [4.78, 5) is 24.1. The monoisotopic (exact) mass is 338 g/mol. The summed E-state index contributed by atoms with van der Waals surface area (Å²) in [7, 11) is 0. The number of hydrogen-bond acceptors (Lipinski definition) is 5. The molecule has 1 aromatic carbocycles. The number of nitrogens with zero attached hydrogens (tertiary/aromatic N) is 3. The van der Waals surface area contributed by atoms with Crippen LogP contribution in [-0.2, 0) is 0 Å². The topological polar surface area (TPSA) is 99.3 Å². The molecule has 104 valence electrons. The lowest BCUT2D eigenvalue weighted by Crippen LogP contribution is -2.53. The van der Waals surface area contributed by atoms with Gasteiger partial charge in [-0.15, -0.1) is 0 Å². The summed E-state index contributed by atoms with van der Waals surface area (Å²) >= 11 is 3.22. The van der Waals surface area contributed by atoms with E-state index in [4.69, 9.17) is 5.26 Å². The first-order valence-corrected chi connectivity index (χ1v) is 6.69. The molecule has 0 bridgehead atoms. The van der Waals surface area contributed by atoms with Gasteiger partial charge < -0.3 is 10.2 Å². The molecule has 0 spiro atoms. The van der Waals surface area contributed by atoms with Crippen molar-refractivity contribution in [3.63, 3.8) is 0 Å². The molecule has 1 fully saturated rings. The molecule has 7 nitrogen and oxygen atoms in total. The minimum Gasteiger partial charge on any atom is -0.320 e. The summed E-state index contributed by atoms with van der Waals surface area (Å²) in [6, 6.07) is 5.50. The molecule has 0 aromatic heterocycles. The maximum atomic E-state index is 12.5. The summed E-state index contributed by atoms with van der Waals surface area (Å²) in [6.45, 7) is 1.39. The van der Waals surface area contributed by atoms with Gasteiger partial charge in [-0.2, -0.15) is 5.26 Å². The van der Waals surface area contributed by atoms with Crippen molar-refractivity contribution < 1.29 is 9.72 Å². The van der Waals surface area contributed by atoms with Gasteiger partial charge in [0.05, 0.1) is 16.6 Å². The number of non-ortho nitro benzene ring substituents is 1. The Labute approximate surface area is 123 Å². The van der Waals surface area contributed by atoms with Crippen LogP contribution in [0.25, 0.3) is 0 Å². The number of nitro groups is 1. The van der Waals surface area contributed by atoms with Crippen LogP contribution in [0.2, 0.25) is 0 Å². The molecule has 1 atom stereocenters. The highest BCUT2D eigenvalue weighted by molar-refractivity contribution is 9.10. The molecule has 1 aromatic rings. The van der Waals surface area contributed by atoms with Crippen molar-refractivity contribution in [1.82, 2.24) is 10.2 Å². The molecule has 0 aliphatic carbocycles. The summed E-state index contributed by atoms with van der Waals surface area (Å²) < 4.78 is 0.475. The summed E-state index contributed by atoms with van der Waals surface area (Å²) in [5.74, 6) is -0.381. The first kappa shape index (κ1) is 14.4. The highest BCUT2D eigenvalue weighted by atomic mass is 79.9. The van der Waals surface area contributed by atoms with Gasteiger partial charge >= 0.3 is 0 Å². The van der Waals surface area contributed by atoms with Crippen LogP contribution in [0.1, 0.15) is 10.4 Å². The molecule has 20 heavy (non-hydrogen) atoms. The first-order chi connectivity index (χ1) is 9.54. The van der Waals surface area contributed by atoms with Crippen molar-refractivity contribution in [2.45, 2.75) is 6.04 Å². The number of piperazine rings is 1. The minimum atomic E-state index is -0.567. The average molecular weight is 339 g/mol. The highest BCUT2D eigenvalue weighted by Gasteiger charge is 2.29. The third-order valence-electron chi connectivity index (χ3n) is 3.04. The quantitative estimate of drug-likeness (QED) is 0.647. The fourth-order valence-electron chi connectivity index (χ4n) is 2.01. The van der Waals surface area contributed by atoms with Crippen LogP contribution in [0, 0.1) is 21.4 Å². The van der Waals surface area contributed by atoms with Gasteiger partial charge in [-0.25, -0.2) is 0 Å². The van der Waals surface area contributed by atoms with Gasteiger partial charge in [-0.1, -0.05) is 0 Å². The number of rotatable bonds is 2. The van der Waals surface area contributed by atoms with Gasteiger partial charge in [0.25, 0.3) is 11.6 Å². The number of carbonyl (C=O) groups is 1. The maximum Gasteiger partial charge on any atom is 0.270 e. The second-order valence-corrected chi connectivity index (χ2v) is 5.12. The summed E-state index contributed by atoms with van der Waals surface area (Å²) in [6.07, 6.45) is 0. The Balaban J connectivity index is 2.35. The van der Waals surface area contributed by atoms with Crippen LogP contribution in [0.15, 0.2) is 22.7 Å². The highest BCUT2D eigenvalue weighted by Crippen LogP contribution is 2.24. The molecule has 2 rings (SSSR count). The van der Waals surface area contributed by atoms with E-state index in [2.05, 4.69) is 27.3 Å². The fourth-order valence-corrected chi connectivity index (χ4v) is 2.42. The molecule has 0 saturated carbocycles. The predicted molar refractivity (Wildman–Crippen MR) is 74.1 cm³/mol. The zero-order valence-corrected chi connectivity index (χ0v) is 12.0. The molecule has 1 saturated heterocycles. The molecule has 0 radical (unpaired) electrons. The van der Waals surface area contributed by atoms with Crippen LogP contribution >= 0.6 is 15.9 Å². The van der Waals surface area contributed by atoms with E-state index in [0.29, 0.717) is 24.1 Å². The molecule has 1 amide bonds. The number of nitrogens with one attached hydrogen (secondary N) is 1. The predicted octanol–water partition coefficient (Wildman–Crippen LogP) is 1.29. The Morgan fingerprint density at radius 2 is 2.35 bits per heavy atom. The largest absolute Gasteiger partial charge is 0.320 e. The van der Waals surface area contributed by atoms with E-state index in [-0.39, 0.29) is 17.2 Å². The van der Waals surface area contributed by atoms with Crippen LogP contribution in [0.5, 0.6) is 0 Å². The maximum absolute atomic E-state index is 12.5. The molecular formula is C12H11BrN4O3. The SMILES string of the molecule is N#CC1CNCCN1C(=O)c1cc([N+](=O)[O-])ccc1Br. The second kappa shape index (κ2) is 5.98. The van der Waals surface area contributed by atoms with Crippen molar-refractivity contribution in [2.24, 2.45) is 0 Å². The van der Waals surface area contributed by atoms with E-state index in [0.717, 1.165) is 0 Å². The van der Waals surface area contributed by atoms with E-state index in [1.165, 1.54) is 23.1 Å². The van der Waals surface area contributed by atoms with Gasteiger partial charge in [-0.3, -0.25) is 14.9 Å². The number of halogens is 1. The molecule has 1 aliphatic heterocycles. The molecule has 1 unspecified atom stereocenters. The van der Waals surface area contributed by atoms with Crippen molar-refractivity contribution in [2.75, 3.05) is 19.6 Å². The minimum absolute atomic E-state index is 0.153. The van der Waals surface area contributed by atoms with Gasteiger partial charge in [0, 0.05) is 36.2 Å². The van der Waals surface area contributed by atoms with Crippen LogP contribution in [0.3, 0.4) is 0 Å². The van der Waals surface area contributed by atoms with Gasteiger partial charge in [0.2, 0.25) is 0 Å². The smallest absolute Gasteiger partial charge is 0.270 e. The lowest BCUT2D eigenvalue weighted by molar-refractivity contribution is -0.384. The first-order valence-electron chi connectivity index (χ1n) is 5.90. The second-order valence-electron chi connectivity index (χ2n) is 4.27. The Bertz CT molecular complexity index is 599. The Hall–Kier alpha value is -1.98. The number of carbonyl (C=O) groups excluding carboxylic acids is 1. The lowest BCUT2D eigenvalue weighted by Gasteiger charge is -2.32. The normalized spacial score (nSPS) is 18.4. The molecule has 1 heterocycles. The van der Waals surface area contributed by atoms with Gasteiger partial charge in [-0.05, 0) is 22.0 Å². The summed E-state index contributed by atoms with van der Waals surface area (Å²) in [5.41, 5.74) is 0.0431. The molecule has 1 N–H and O–H groups in total. The number of hydrogen-bond donors (Lipinski definition) is 1. The molecular weight excluding hydrogens is 328 g/mol. The van der Waals surface area contributed by atoms with Crippen molar-refractivity contribution >= 4 is 27.5 Å². The number of nitro benzene ring substituents is 1. The fraction of sp³-hybridized carbons (Fsp3) is 0.333. The zero-order valence-electron chi connectivity index (χ0n) is 10.4. The zero-order chi connectivity index (χ0) is 14.7. The summed E-state index contributed by atoms with van der Waals surface area (Å²) in [5, 5.41) is 22.9. The van der Waals surface area contributed by atoms with Crippen LogP contribution < -0.4 is 5.32 Å². The van der Waals surface area contributed by atoms with Crippen LogP contribution in [-0.4, -0.2) is 41.4 Å². The Morgan fingerprint density at radius 3 is 3.00 bits per heavy atom. The van der Waals surface area contributed by atoms with Gasteiger partial charge in [0.1, 0.15) is 6.04 Å². The third kappa shape index (κ3) is 2.79. The van der Waals surface area contributed by atoms with E-state index < -0.39 is 11.0 Å². The standard InChI is InChI=1S/C12H11BrN4O3/c13-11-2-1-8(17(19)20)5-10(11)12(18)16-4-3-15-7-9(16)6-14/h1-2,5,9,15H,3-4,7H2. The van der Waals surface area contributed by atoms with E-state index >= 15 is 0 Å². The van der Waals surface area contributed by atoms with Crippen LogP contribution in [0.4, 0.5) is 5.69 Å². The van der Waals surface area contributed by atoms with Gasteiger partial charge in [0.15, 0.2) is 0 Å².